The quantitative estimate of drug-likeness (QED) is 0.486. The van der Waals surface area contributed by atoms with Crippen molar-refractivity contribution in [2.45, 2.75) is 30.6 Å². The highest BCUT2D eigenvalue weighted by atomic mass is 19.1. The zero-order valence-corrected chi connectivity index (χ0v) is 9.98. The molecule has 0 aromatic heterocycles. The minimum atomic E-state index is -1.46. The van der Waals surface area contributed by atoms with Crippen LogP contribution in [-0.4, -0.2) is 57.7 Å². The molecule has 2 rings (SSSR count). The third kappa shape index (κ3) is 3.02. The van der Waals surface area contributed by atoms with Crippen LogP contribution in [0.5, 0.6) is 0 Å². The molecule has 0 saturated carbocycles. The Morgan fingerprint density at radius 3 is 2.53 bits per heavy atom. The molecule has 1 aromatic rings. The van der Waals surface area contributed by atoms with Crippen LogP contribution in [-0.2, 0) is 4.74 Å². The van der Waals surface area contributed by atoms with Crippen molar-refractivity contribution in [3.8, 4) is 0 Å². The maximum atomic E-state index is 13.0. The molecule has 19 heavy (non-hydrogen) atoms. The largest absolute Gasteiger partial charge is 0.394 e. The molecule has 5 atom stereocenters. The van der Waals surface area contributed by atoms with E-state index in [0.717, 1.165) is 0 Å². The van der Waals surface area contributed by atoms with Crippen molar-refractivity contribution in [2.75, 3.05) is 11.9 Å². The van der Waals surface area contributed by atoms with Crippen LogP contribution >= 0.6 is 0 Å². The standard InChI is InChI=1S/C12H16FNO5/c13-6-2-1-3-7(4-6)14-12-11(18)10(17)9(16)8(5-15)19-12/h1-4,8-12,14-18H,5H2/t8-,9-,10+,11+,12-/m1/s1. The molecule has 1 saturated heterocycles. The molecule has 0 radical (unpaired) electrons. The highest BCUT2D eigenvalue weighted by Crippen LogP contribution is 2.23. The summed E-state index contributed by atoms with van der Waals surface area (Å²) in [5, 5.41) is 40.7. The van der Waals surface area contributed by atoms with E-state index in [2.05, 4.69) is 5.32 Å². The van der Waals surface area contributed by atoms with Gasteiger partial charge in [-0.25, -0.2) is 4.39 Å². The van der Waals surface area contributed by atoms with Crippen molar-refractivity contribution >= 4 is 5.69 Å². The van der Waals surface area contributed by atoms with Crippen molar-refractivity contribution in [2.24, 2.45) is 0 Å². The summed E-state index contributed by atoms with van der Waals surface area (Å²) < 4.78 is 18.3. The maximum absolute atomic E-state index is 13.0. The summed E-state index contributed by atoms with van der Waals surface area (Å²) in [6, 6.07) is 5.49. The van der Waals surface area contributed by atoms with E-state index in [1.807, 2.05) is 0 Å². The molecule has 0 bridgehead atoms. The Kier molecular flexibility index (Phi) is 4.33. The predicted molar refractivity (Wildman–Crippen MR) is 63.8 cm³/mol. The second kappa shape index (κ2) is 5.81. The van der Waals surface area contributed by atoms with Gasteiger partial charge < -0.3 is 30.5 Å². The molecule has 106 valence electrons. The monoisotopic (exact) mass is 273 g/mol. The third-order valence-electron chi connectivity index (χ3n) is 3.03. The summed E-state index contributed by atoms with van der Waals surface area (Å²) in [5.41, 5.74) is 0.351. The second-order valence-corrected chi connectivity index (χ2v) is 4.40. The van der Waals surface area contributed by atoms with E-state index in [-0.39, 0.29) is 0 Å². The smallest absolute Gasteiger partial charge is 0.157 e. The molecule has 0 aliphatic carbocycles. The lowest BCUT2D eigenvalue weighted by Crippen LogP contribution is -2.60. The molecule has 1 fully saturated rings. The first-order valence-corrected chi connectivity index (χ1v) is 5.85. The molecule has 1 aromatic carbocycles. The van der Waals surface area contributed by atoms with Crippen LogP contribution in [0.2, 0.25) is 0 Å². The predicted octanol–water partition coefficient (Wildman–Crippen LogP) is -0.963. The van der Waals surface area contributed by atoms with Crippen LogP contribution in [0, 0.1) is 5.82 Å². The van der Waals surface area contributed by atoms with Crippen LogP contribution in [0.15, 0.2) is 24.3 Å². The van der Waals surface area contributed by atoms with Crippen molar-refractivity contribution in [3.05, 3.63) is 30.1 Å². The van der Waals surface area contributed by atoms with Gasteiger partial charge in [-0.05, 0) is 18.2 Å². The Balaban J connectivity index is 2.10. The average molecular weight is 273 g/mol. The lowest BCUT2D eigenvalue weighted by atomic mass is 9.98. The summed E-state index contributed by atoms with van der Waals surface area (Å²) in [6.07, 6.45) is -6.33. The zero-order chi connectivity index (χ0) is 14.0. The molecule has 1 aliphatic heterocycles. The number of benzene rings is 1. The van der Waals surface area contributed by atoms with Gasteiger partial charge in [0.05, 0.1) is 6.61 Å². The molecule has 7 heteroatoms. The topological polar surface area (TPSA) is 102 Å². The molecular weight excluding hydrogens is 257 g/mol. The molecule has 1 heterocycles. The van der Waals surface area contributed by atoms with Gasteiger partial charge >= 0.3 is 0 Å². The number of aliphatic hydroxyl groups is 4. The number of hydrogen-bond acceptors (Lipinski definition) is 6. The average Bonchev–Trinajstić information content (AvgIpc) is 2.39. The number of nitrogens with one attached hydrogen (secondary N) is 1. The van der Waals surface area contributed by atoms with Crippen molar-refractivity contribution in [3.63, 3.8) is 0 Å². The Morgan fingerprint density at radius 1 is 1.16 bits per heavy atom. The third-order valence-corrected chi connectivity index (χ3v) is 3.03. The number of halogens is 1. The summed E-state index contributed by atoms with van der Waals surface area (Å²) in [6.45, 7) is -0.508. The van der Waals surface area contributed by atoms with E-state index in [1.165, 1.54) is 18.2 Å². The minimum absolute atomic E-state index is 0.351. The summed E-state index contributed by atoms with van der Waals surface area (Å²) in [7, 11) is 0. The first-order valence-electron chi connectivity index (χ1n) is 5.85. The van der Waals surface area contributed by atoms with Gasteiger partial charge in [-0.2, -0.15) is 0 Å². The minimum Gasteiger partial charge on any atom is -0.394 e. The molecule has 1 aliphatic rings. The molecule has 5 N–H and O–H groups in total. The van der Waals surface area contributed by atoms with Gasteiger partial charge in [0.1, 0.15) is 30.2 Å². The normalized spacial score (nSPS) is 35.1. The summed E-state index contributed by atoms with van der Waals surface area (Å²) in [5.74, 6) is -0.463. The van der Waals surface area contributed by atoms with E-state index < -0.39 is 43.1 Å². The molecule has 6 nitrogen and oxygen atoms in total. The fourth-order valence-corrected chi connectivity index (χ4v) is 1.96. The Labute approximate surface area is 109 Å². The molecule has 0 unspecified atom stereocenters. The van der Waals surface area contributed by atoms with Crippen LogP contribution in [0.3, 0.4) is 0 Å². The first kappa shape index (κ1) is 14.2. The first-order chi connectivity index (χ1) is 9.02. The van der Waals surface area contributed by atoms with Gasteiger partial charge in [-0.3, -0.25) is 0 Å². The van der Waals surface area contributed by atoms with Crippen molar-refractivity contribution < 1.29 is 29.6 Å². The highest BCUT2D eigenvalue weighted by Gasteiger charge is 2.43. The van der Waals surface area contributed by atoms with Gasteiger partial charge in [0.25, 0.3) is 0 Å². The maximum Gasteiger partial charge on any atom is 0.157 e. The molecular formula is C12H16FNO5. The van der Waals surface area contributed by atoms with Gasteiger partial charge in [0, 0.05) is 5.69 Å². The van der Waals surface area contributed by atoms with Crippen LogP contribution < -0.4 is 5.32 Å². The lowest BCUT2D eigenvalue weighted by molar-refractivity contribution is -0.221. The summed E-state index contributed by atoms with van der Waals surface area (Å²) >= 11 is 0. The van der Waals surface area contributed by atoms with Crippen molar-refractivity contribution in [1.82, 2.24) is 0 Å². The van der Waals surface area contributed by atoms with Gasteiger partial charge in [-0.1, -0.05) is 6.07 Å². The zero-order valence-electron chi connectivity index (χ0n) is 9.98. The summed E-state index contributed by atoms with van der Waals surface area (Å²) in [4.78, 5) is 0. The van der Waals surface area contributed by atoms with Crippen molar-refractivity contribution in [1.29, 1.82) is 0 Å². The number of ether oxygens (including phenoxy) is 1. The number of rotatable bonds is 3. The lowest BCUT2D eigenvalue weighted by Gasteiger charge is -2.40. The Bertz CT molecular complexity index is 430. The highest BCUT2D eigenvalue weighted by molar-refractivity contribution is 5.44. The van der Waals surface area contributed by atoms with E-state index in [9.17, 15) is 19.7 Å². The fraction of sp³-hybridized carbons (Fsp3) is 0.500. The Hall–Kier alpha value is -1.25. The second-order valence-electron chi connectivity index (χ2n) is 4.40. The Morgan fingerprint density at radius 2 is 1.89 bits per heavy atom. The fourth-order valence-electron chi connectivity index (χ4n) is 1.96. The molecule has 0 spiro atoms. The van der Waals surface area contributed by atoms with Crippen LogP contribution in [0.1, 0.15) is 0 Å². The van der Waals surface area contributed by atoms with E-state index in [0.29, 0.717) is 5.69 Å². The van der Waals surface area contributed by atoms with E-state index >= 15 is 0 Å². The number of aliphatic hydroxyl groups excluding tert-OH is 4. The SMILES string of the molecule is OC[C@H]1O[C@@H](Nc2cccc(F)c2)[C@@H](O)[C@@H](O)[C@@H]1O. The number of hydrogen-bond donors (Lipinski definition) is 5. The van der Waals surface area contributed by atoms with Gasteiger partial charge in [-0.15, -0.1) is 0 Å². The molecule has 0 amide bonds. The van der Waals surface area contributed by atoms with Crippen LogP contribution in [0.4, 0.5) is 10.1 Å². The van der Waals surface area contributed by atoms with Crippen LogP contribution in [0.25, 0.3) is 0 Å². The van der Waals surface area contributed by atoms with Gasteiger partial charge in [0.2, 0.25) is 0 Å². The number of anilines is 1. The van der Waals surface area contributed by atoms with E-state index in [1.54, 1.807) is 6.07 Å². The van der Waals surface area contributed by atoms with Gasteiger partial charge in [0.15, 0.2) is 6.23 Å². The van der Waals surface area contributed by atoms with E-state index in [4.69, 9.17) is 9.84 Å².